The third-order valence-electron chi connectivity index (χ3n) is 5.57. The molecule has 176 valence electrons. The number of benzene rings is 2. The highest BCUT2D eigenvalue weighted by molar-refractivity contribution is 6.20. The first-order valence-corrected chi connectivity index (χ1v) is 10.8. The number of halogens is 2. The van der Waals surface area contributed by atoms with E-state index in [1.165, 1.54) is 12.4 Å². The van der Waals surface area contributed by atoms with Crippen molar-refractivity contribution in [2.75, 3.05) is 10.2 Å². The summed E-state index contributed by atoms with van der Waals surface area (Å²) in [4.78, 5) is 43.0. The third-order valence-corrected chi connectivity index (χ3v) is 5.57. The molecule has 1 atom stereocenters. The fourth-order valence-electron chi connectivity index (χ4n) is 3.70. The van der Waals surface area contributed by atoms with Crippen LogP contribution in [0.2, 0.25) is 0 Å². The van der Waals surface area contributed by atoms with Gasteiger partial charge in [0.15, 0.2) is 11.6 Å². The van der Waals surface area contributed by atoms with Gasteiger partial charge in [-0.15, -0.1) is 0 Å². The number of nitrogens with zero attached hydrogens (tertiary/aromatic N) is 2. The lowest BCUT2D eigenvalue weighted by molar-refractivity contribution is -0.129. The molecule has 0 bridgehead atoms. The molecule has 1 aliphatic heterocycles. The van der Waals surface area contributed by atoms with Crippen molar-refractivity contribution in [2.45, 2.75) is 25.3 Å². The number of nitrogens with one attached hydrogen (secondary N) is 2. The quantitative estimate of drug-likeness (QED) is 0.560. The van der Waals surface area contributed by atoms with Crippen molar-refractivity contribution < 1.29 is 23.2 Å². The van der Waals surface area contributed by atoms with Gasteiger partial charge in [0.05, 0.1) is 18.3 Å². The van der Waals surface area contributed by atoms with E-state index in [0.717, 1.165) is 12.1 Å². The Hall–Kier alpha value is -4.58. The molecule has 2 heterocycles. The molecular weight excluding hydrogens is 454 g/mol. The predicted molar refractivity (Wildman–Crippen MR) is 125 cm³/mol. The summed E-state index contributed by atoms with van der Waals surface area (Å²) in [7, 11) is 0. The van der Waals surface area contributed by atoms with Crippen LogP contribution < -0.4 is 15.5 Å². The van der Waals surface area contributed by atoms with Gasteiger partial charge in [0.25, 0.3) is 5.91 Å². The molecule has 2 aromatic carbocycles. The number of imide groups is 1. The summed E-state index contributed by atoms with van der Waals surface area (Å²) in [5, 5.41) is 5.07. The Kier molecular flexibility index (Phi) is 6.55. The van der Waals surface area contributed by atoms with Crippen molar-refractivity contribution in [3.05, 3.63) is 89.8 Å². The number of rotatable bonds is 4. The molecule has 9 heteroatoms. The molecule has 4 rings (SSSR count). The molecule has 0 unspecified atom stereocenters. The SMILES string of the molecule is CC[C@@]1(C(=O)Nc2cccnc2)CC(=O)N(c2c(F)cc(C#Cc3ccccc3)cc2F)C(=O)N1. The van der Waals surface area contributed by atoms with Gasteiger partial charge in [-0.25, -0.2) is 18.5 Å². The minimum Gasteiger partial charge on any atom is -0.323 e. The lowest BCUT2D eigenvalue weighted by Crippen LogP contribution is -2.67. The number of aromatic nitrogens is 1. The van der Waals surface area contributed by atoms with Gasteiger partial charge in [-0.1, -0.05) is 37.0 Å². The average Bonchev–Trinajstić information content (AvgIpc) is 2.85. The van der Waals surface area contributed by atoms with Crippen molar-refractivity contribution in [3.8, 4) is 11.8 Å². The van der Waals surface area contributed by atoms with E-state index in [4.69, 9.17) is 0 Å². The van der Waals surface area contributed by atoms with Gasteiger partial charge in [0.2, 0.25) is 5.91 Å². The zero-order valence-electron chi connectivity index (χ0n) is 18.6. The van der Waals surface area contributed by atoms with Crippen molar-refractivity contribution >= 4 is 29.2 Å². The van der Waals surface area contributed by atoms with Crippen LogP contribution in [0.1, 0.15) is 30.9 Å². The second kappa shape index (κ2) is 9.73. The fraction of sp³-hybridized carbons (Fsp3) is 0.154. The molecule has 4 amide bonds. The molecule has 1 aromatic heterocycles. The van der Waals surface area contributed by atoms with Gasteiger partial charge < -0.3 is 10.6 Å². The van der Waals surface area contributed by atoms with Crippen LogP contribution >= 0.6 is 0 Å². The van der Waals surface area contributed by atoms with Gasteiger partial charge in [-0.3, -0.25) is 14.6 Å². The molecule has 0 aliphatic carbocycles. The summed E-state index contributed by atoms with van der Waals surface area (Å²) in [5.41, 5.74) is -1.34. The monoisotopic (exact) mass is 474 g/mol. The lowest BCUT2D eigenvalue weighted by atomic mass is 9.88. The number of urea groups is 1. The second-order valence-electron chi connectivity index (χ2n) is 7.87. The van der Waals surface area contributed by atoms with Crippen LogP contribution in [0, 0.1) is 23.5 Å². The summed E-state index contributed by atoms with van der Waals surface area (Å²) < 4.78 is 29.8. The van der Waals surface area contributed by atoms with Crippen molar-refractivity contribution in [2.24, 2.45) is 0 Å². The summed E-state index contributed by atoms with van der Waals surface area (Å²) in [6, 6.07) is 12.9. The van der Waals surface area contributed by atoms with Crippen LogP contribution in [0.5, 0.6) is 0 Å². The van der Waals surface area contributed by atoms with Gasteiger partial charge in [-0.2, -0.15) is 0 Å². The highest BCUT2D eigenvalue weighted by Crippen LogP contribution is 2.31. The summed E-state index contributed by atoms with van der Waals surface area (Å²) >= 11 is 0. The van der Waals surface area contributed by atoms with E-state index in [-0.39, 0.29) is 12.0 Å². The number of carbonyl (C=O) groups is 3. The fourth-order valence-corrected chi connectivity index (χ4v) is 3.70. The first-order valence-electron chi connectivity index (χ1n) is 10.8. The normalized spacial score (nSPS) is 17.3. The molecular formula is C26H20F2N4O3. The van der Waals surface area contributed by atoms with Gasteiger partial charge in [-0.05, 0) is 42.8 Å². The van der Waals surface area contributed by atoms with Crippen LogP contribution in [-0.2, 0) is 9.59 Å². The minimum absolute atomic E-state index is 0.0382. The van der Waals surface area contributed by atoms with E-state index in [9.17, 15) is 23.2 Å². The number of pyridine rings is 1. The number of hydrogen-bond donors (Lipinski definition) is 2. The van der Waals surface area contributed by atoms with Crippen molar-refractivity contribution in [1.29, 1.82) is 0 Å². The standard InChI is InChI=1S/C26H20F2N4O3/c1-2-26(24(34)30-19-9-6-12-29-16-19)15-22(33)32(25(35)31-26)23-20(27)13-18(14-21(23)28)11-10-17-7-4-3-5-8-17/h3-9,12-14,16H,2,15H2,1H3,(H,30,34)(H,31,35)/t26-/m0/s1. The molecule has 0 radical (unpaired) electrons. The van der Waals surface area contributed by atoms with Gasteiger partial charge in [0.1, 0.15) is 11.2 Å². The Balaban J connectivity index is 1.59. The largest absolute Gasteiger partial charge is 0.329 e. The molecule has 0 spiro atoms. The second-order valence-corrected chi connectivity index (χ2v) is 7.87. The molecule has 35 heavy (non-hydrogen) atoms. The topological polar surface area (TPSA) is 91.4 Å². The first kappa shape index (κ1) is 23.6. The minimum atomic E-state index is -1.59. The molecule has 1 saturated heterocycles. The Morgan fingerprint density at radius 2 is 1.77 bits per heavy atom. The Morgan fingerprint density at radius 1 is 1.09 bits per heavy atom. The number of anilines is 2. The van der Waals surface area contributed by atoms with Crippen LogP contribution in [-0.4, -0.2) is 28.4 Å². The van der Waals surface area contributed by atoms with E-state index in [0.29, 0.717) is 16.2 Å². The summed E-state index contributed by atoms with van der Waals surface area (Å²) in [5.74, 6) is 1.64. The molecule has 0 saturated carbocycles. The predicted octanol–water partition coefficient (Wildman–Crippen LogP) is 3.99. The van der Waals surface area contributed by atoms with E-state index >= 15 is 0 Å². The van der Waals surface area contributed by atoms with E-state index in [2.05, 4.69) is 27.5 Å². The number of amides is 4. The summed E-state index contributed by atoms with van der Waals surface area (Å²) in [6.45, 7) is 1.62. The Morgan fingerprint density at radius 3 is 2.37 bits per heavy atom. The first-order chi connectivity index (χ1) is 16.8. The van der Waals surface area contributed by atoms with Crippen molar-refractivity contribution in [1.82, 2.24) is 10.3 Å². The zero-order valence-corrected chi connectivity index (χ0v) is 18.6. The molecule has 3 aromatic rings. The molecule has 2 N–H and O–H groups in total. The Labute approximate surface area is 200 Å². The molecule has 1 aliphatic rings. The van der Waals surface area contributed by atoms with Gasteiger partial charge in [0, 0.05) is 17.3 Å². The smallest absolute Gasteiger partial charge is 0.323 e. The van der Waals surface area contributed by atoms with E-state index in [1.54, 1.807) is 43.3 Å². The van der Waals surface area contributed by atoms with Gasteiger partial charge >= 0.3 is 6.03 Å². The van der Waals surface area contributed by atoms with Crippen molar-refractivity contribution in [3.63, 3.8) is 0 Å². The molecule has 1 fully saturated rings. The summed E-state index contributed by atoms with van der Waals surface area (Å²) in [6.07, 6.45) is 2.52. The third kappa shape index (κ3) is 4.87. The van der Waals surface area contributed by atoms with Crippen LogP contribution in [0.15, 0.2) is 67.0 Å². The van der Waals surface area contributed by atoms with Crippen LogP contribution in [0.4, 0.5) is 25.0 Å². The maximum Gasteiger partial charge on any atom is 0.329 e. The Bertz CT molecular complexity index is 1310. The number of hydrogen-bond acceptors (Lipinski definition) is 4. The maximum atomic E-state index is 14.9. The van der Waals surface area contributed by atoms with Crippen LogP contribution in [0.25, 0.3) is 0 Å². The molecule has 7 nitrogen and oxygen atoms in total. The zero-order chi connectivity index (χ0) is 25.0. The number of carbonyl (C=O) groups excluding carboxylic acids is 3. The average molecular weight is 474 g/mol. The highest BCUT2D eigenvalue weighted by atomic mass is 19.1. The maximum absolute atomic E-state index is 14.9. The van der Waals surface area contributed by atoms with E-state index in [1.807, 2.05) is 6.07 Å². The lowest BCUT2D eigenvalue weighted by Gasteiger charge is -2.39. The van der Waals surface area contributed by atoms with E-state index < -0.39 is 47.1 Å². The highest BCUT2D eigenvalue weighted by Gasteiger charge is 2.48. The van der Waals surface area contributed by atoms with Crippen LogP contribution in [0.3, 0.4) is 0 Å².